The van der Waals surface area contributed by atoms with E-state index in [1.807, 2.05) is 20.8 Å². The van der Waals surface area contributed by atoms with E-state index in [-0.39, 0.29) is 11.4 Å². The van der Waals surface area contributed by atoms with Gasteiger partial charge in [0.05, 0.1) is 5.56 Å². The van der Waals surface area contributed by atoms with Gasteiger partial charge in [-0.1, -0.05) is 25.7 Å². The van der Waals surface area contributed by atoms with Crippen LogP contribution in [0, 0.1) is 0 Å². The minimum Gasteiger partial charge on any atom is -0.351 e. The summed E-state index contributed by atoms with van der Waals surface area (Å²) in [4.78, 5) is 20.5. The van der Waals surface area contributed by atoms with Crippen LogP contribution in [0.5, 0.6) is 0 Å². The molecule has 0 spiro atoms. The second-order valence-corrected chi connectivity index (χ2v) is 6.83. The van der Waals surface area contributed by atoms with Crippen LogP contribution < -0.4 is 10.6 Å². The highest BCUT2D eigenvalue weighted by Gasteiger charge is 2.17. The van der Waals surface area contributed by atoms with Crippen LogP contribution in [-0.4, -0.2) is 27.5 Å². The molecule has 0 aromatic carbocycles. The lowest BCUT2D eigenvalue weighted by Gasteiger charge is -2.20. The van der Waals surface area contributed by atoms with E-state index in [0.29, 0.717) is 17.6 Å². The fraction of sp³-hybridized carbons (Fsp3) is 0.688. The Kier molecular flexibility index (Phi) is 5.15. The number of carbonyl (C=O) groups is 1. The Morgan fingerprint density at radius 2 is 1.67 bits per heavy atom. The zero-order valence-corrected chi connectivity index (χ0v) is 13.3. The van der Waals surface area contributed by atoms with E-state index in [0.717, 1.165) is 0 Å². The van der Waals surface area contributed by atoms with Crippen molar-refractivity contribution in [1.29, 1.82) is 0 Å². The van der Waals surface area contributed by atoms with E-state index in [4.69, 9.17) is 0 Å². The Hall–Kier alpha value is -1.65. The van der Waals surface area contributed by atoms with Gasteiger partial charge in [-0.3, -0.25) is 4.79 Å². The largest absolute Gasteiger partial charge is 0.351 e. The fourth-order valence-corrected chi connectivity index (χ4v) is 2.54. The van der Waals surface area contributed by atoms with Crippen molar-refractivity contribution in [2.45, 2.75) is 70.9 Å². The van der Waals surface area contributed by atoms with Gasteiger partial charge in [0.25, 0.3) is 5.91 Å². The van der Waals surface area contributed by atoms with E-state index >= 15 is 0 Å². The standard InChI is InChI=1S/C16H26N4O/c1-16(2,3)20-14(21)12-10-17-15(18-11-12)19-13-8-6-4-5-7-9-13/h10-11,13H,4-9H2,1-3H3,(H,20,21)(H,17,18,19). The molecule has 0 saturated heterocycles. The smallest absolute Gasteiger partial charge is 0.254 e. The molecule has 2 N–H and O–H groups in total. The third-order valence-electron chi connectivity index (χ3n) is 3.59. The van der Waals surface area contributed by atoms with Crippen molar-refractivity contribution in [1.82, 2.24) is 15.3 Å². The molecule has 1 saturated carbocycles. The number of nitrogens with one attached hydrogen (secondary N) is 2. The molecule has 116 valence electrons. The highest BCUT2D eigenvalue weighted by Crippen LogP contribution is 2.19. The quantitative estimate of drug-likeness (QED) is 0.839. The zero-order valence-electron chi connectivity index (χ0n) is 13.3. The lowest BCUT2D eigenvalue weighted by molar-refractivity contribution is 0.0919. The van der Waals surface area contributed by atoms with Crippen LogP contribution in [-0.2, 0) is 0 Å². The number of hydrogen-bond acceptors (Lipinski definition) is 4. The van der Waals surface area contributed by atoms with Gasteiger partial charge in [0.2, 0.25) is 5.95 Å². The number of anilines is 1. The molecule has 1 aromatic heterocycles. The van der Waals surface area contributed by atoms with E-state index in [1.54, 1.807) is 12.4 Å². The van der Waals surface area contributed by atoms with Crippen molar-refractivity contribution in [3.8, 4) is 0 Å². The van der Waals surface area contributed by atoms with Gasteiger partial charge in [-0.05, 0) is 33.6 Å². The Bertz CT molecular complexity index is 456. The third-order valence-corrected chi connectivity index (χ3v) is 3.59. The molecule has 1 heterocycles. The number of hydrogen-bond donors (Lipinski definition) is 2. The molecule has 0 radical (unpaired) electrons. The molecular weight excluding hydrogens is 264 g/mol. The monoisotopic (exact) mass is 290 g/mol. The van der Waals surface area contributed by atoms with Gasteiger partial charge in [-0.15, -0.1) is 0 Å². The maximum absolute atomic E-state index is 12.0. The first kappa shape index (κ1) is 15.7. The van der Waals surface area contributed by atoms with Crippen LogP contribution in [0.4, 0.5) is 5.95 Å². The molecule has 1 aliphatic rings. The Balaban J connectivity index is 1.93. The summed E-state index contributed by atoms with van der Waals surface area (Å²) in [6.45, 7) is 5.86. The highest BCUT2D eigenvalue weighted by atomic mass is 16.1. The molecular formula is C16H26N4O. The molecule has 1 aliphatic carbocycles. The predicted octanol–water partition coefficient (Wildman–Crippen LogP) is 3.14. The molecule has 0 aliphatic heterocycles. The highest BCUT2D eigenvalue weighted by molar-refractivity contribution is 5.94. The first-order chi connectivity index (χ1) is 9.94. The molecule has 0 unspecified atom stereocenters. The topological polar surface area (TPSA) is 66.9 Å². The summed E-state index contributed by atoms with van der Waals surface area (Å²) in [5, 5.41) is 6.29. The van der Waals surface area contributed by atoms with Gasteiger partial charge in [0, 0.05) is 24.0 Å². The van der Waals surface area contributed by atoms with Crippen LogP contribution in [0.2, 0.25) is 0 Å². The summed E-state index contributed by atoms with van der Waals surface area (Å²) in [5.41, 5.74) is 0.241. The van der Waals surface area contributed by atoms with Crippen LogP contribution in [0.25, 0.3) is 0 Å². The summed E-state index contributed by atoms with van der Waals surface area (Å²) < 4.78 is 0. The summed E-state index contributed by atoms with van der Waals surface area (Å²) in [7, 11) is 0. The van der Waals surface area contributed by atoms with Crippen molar-refractivity contribution in [2.75, 3.05) is 5.32 Å². The molecule has 21 heavy (non-hydrogen) atoms. The van der Waals surface area contributed by atoms with Crippen molar-refractivity contribution in [3.63, 3.8) is 0 Å². The molecule has 1 fully saturated rings. The third kappa shape index (κ3) is 5.33. The average molecular weight is 290 g/mol. The van der Waals surface area contributed by atoms with E-state index in [1.165, 1.54) is 38.5 Å². The average Bonchev–Trinajstić information content (AvgIpc) is 2.66. The normalized spacial score (nSPS) is 17.1. The summed E-state index contributed by atoms with van der Waals surface area (Å²) in [5.74, 6) is 0.484. The maximum atomic E-state index is 12.0. The Morgan fingerprint density at radius 3 is 2.19 bits per heavy atom. The lowest BCUT2D eigenvalue weighted by atomic mass is 10.1. The minimum absolute atomic E-state index is 0.136. The van der Waals surface area contributed by atoms with E-state index < -0.39 is 0 Å². The number of nitrogens with zero attached hydrogens (tertiary/aromatic N) is 2. The second-order valence-electron chi connectivity index (χ2n) is 6.83. The minimum atomic E-state index is -0.256. The molecule has 1 amide bonds. The predicted molar refractivity (Wildman–Crippen MR) is 84.4 cm³/mol. The van der Waals surface area contributed by atoms with Crippen LogP contribution in [0.3, 0.4) is 0 Å². The SMILES string of the molecule is CC(C)(C)NC(=O)c1cnc(NC2CCCCCC2)nc1. The molecule has 5 heteroatoms. The van der Waals surface area contributed by atoms with Gasteiger partial charge < -0.3 is 10.6 Å². The van der Waals surface area contributed by atoms with Crippen molar-refractivity contribution >= 4 is 11.9 Å². The first-order valence-electron chi connectivity index (χ1n) is 7.85. The number of carbonyl (C=O) groups excluding carboxylic acids is 1. The van der Waals surface area contributed by atoms with Crippen molar-refractivity contribution in [2.24, 2.45) is 0 Å². The van der Waals surface area contributed by atoms with Gasteiger partial charge in [0.15, 0.2) is 0 Å². The number of aromatic nitrogens is 2. The summed E-state index contributed by atoms with van der Waals surface area (Å²) in [6, 6.07) is 0.460. The van der Waals surface area contributed by atoms with Gasteiger partial charge >= 0.3 is 0 Å². The summed E-state index contributed by atoms with van der Waals surface area (Å²) in [6.07, 6.45) is 10.7. The van der Waals surface area contributed by atoms with Crippen molar-refractivity contribution < 1.29 is 4.79 Å². The van der Waals surface area contributed by atoms with Crippen LogP contribution in [0.15, 0.2) is 12.4 Å². The first-order valence-corrected chi connectivity index (χ1v) is 7.85. The Labute approximate surface area is 127 Å². The van der Waals surface area contributed by atoms with Crippen LogP contribution in [0.1, 0.15) is 69.7 Å². The molecule has 0 bridgehead atoms. The summed E-state index contributed by atoms with van der Waals surface area (Å²) >= 11 is 0. The Morgan fingerprint density at radius 1 is 1.10 bits per heavy atom. The fourth-order valence-electron chi connectivity index (χ4n) is 2.54. The van der Waals surface area contributed by atoms with Crippen LogP contribution >= 0.6 is 0 Å². The second kappa shape index (κ2) is 6.87. The van der Waals surface area contributed by atoms with Gasteiger partial charge in [-0.25, -0.2) is 9.97 Å². The molecule has 5 nitrogen and oxygen atoms in total. The van der Waals surface area contributed by atoms with Gasteiger partial charge in [-0.2, -0.15) is 0 Å². The number of amides is 1. The zero-order chi connectivity index (χ0) is 15.3. The van der Waals surface area contributed by atoms with E-state index in [9.17, 15) is 4.79 Å². The molecule has 0 atom stereocenters. The lowest BCUT2D eigenvalue weighted by Crippen LogP contribution is -2.40. The number of rotatable bonds is 3. The molecule has 1 aromatic rings. The van der Waals surface area contributed by atoms with Gasteiger partial charge in [0.1, 0.15) is 0 Å². The molecule has 2 rings (SSSR count). The maximum Gasteiger partial charge on any atom is 0.254 e. The van der Waals surface area contributed by atoms with Crippen molar-refractivity contribution in [3.05, 3.63) is 18.0 Å². The van der Waals surface area contributed by atoms with E-state index in [2.05, 4.69) is 20.6 Å².